The van der Waals surface area contributed by atoms with E-state index in [0.29, 0.717) is 11.2 Å². The number of ether oxygens (including phenoxy) is 1. The first-order valence-electron chi connectivity index (χ1n) is 9.59. The molecule has 3 rings (SSSR count). The van der Waals surface area contributed by atoms with Gasteiger partial charge in [-0.3, -0.25) is 0 Å². The monoisotopic (exact) mass is 400 g/mol. The molecule has 3 nitrogen and oxygen atoms in total. The van der Waals surface area contributed by atoms with E-state index in [9.17, 15) is 0 Å². The molecule has 144 valence electrons. The molecule has 0 atom stereocenters. The number of aryl methyl sites for hydroxylation is 1. The number of thioether (sulfide) groups is 2. The van der Waals surface area contributed by atoms with Gasteiger partial charge in [-0.05, 0) is 54.2 Å². The number of hydrogen-bond donors (Lipinski definition) is 0. The second-order valence-electron chi connectivity index (χ2n) is 6.51. The fraction of sp³-hybridized carbons (Fsp3) is 0.409. The Balaban J connectivity index is 1.71. The summed E-state index contributed by atoms with van der Waals surface area (Å²) in [4.78, 5) is 4.70. The summed E-state index contributed by atoms with van der Waals surface area (Å²) in [7, 11) is 2.04. The maximum atomic E-state index is 6.10. The van der Waals surface area contributed by atoms with Gasteiger partial charge in [0.15, 0.2) is 0 Å². The highest BCUT2D eigenvalue weighted by atomic mass is 32.2. The van der Waals surface area contributed by atoms with Crippen LogP contribution in [0.2, 0.25) is 0 Å². The Morgan fingerprint density at radius 3 is 2.44 bits per heavy atom. The molecule has 3 aromatic rings. The summed E-state index contributed by atoms with van der Waals surface area (Å²) in [6.07, 6.45) is 2.41. The Morgan fingerprint density at radius 2 is 1.74 bits per heavy atom. The summed E-state index contributed by atoms with van der Waals surface area (Å²) < 4.78 is 8.68. The highest BCUT2D eigenvalue weighted by molar-refractivity contribution is 8.16. The van der Waals surface area contributed by atoms with Crippen LogP contribution >= 0.6 is 23.5 Å². The van der Waals surface area contributed by atoms with Crippen molar-refractivity contribution < 1.29 is 4.74 Å². The van der Waals surface area contributed by atoms with Gasteiger partial charge in [-0.25, -0.2) is 4.98 Å². The molecular formula is C22H28N2OS2. The number of fused-ring (bicyclic) bond motifs is 1. The zero-order valence-electron chi connectivity index (χ0n) is 16.4. The summed E-state index contributed by atoms with van der Waals surface area (Å²) in [5.41, 5.74) is 3.49. The van der Waals surface area contributed by atoms with Gasteiger partial charge in [0, 0.05) is 7.05 Å². The van der Waals surface area contributed by atoms with Crippen molar-refractivity contribution in [2.45, 2.75) is 37.9 Å². The van der Waals surface area contributed by atoms with Gasteiger partial charge in [0.05, 0.1) is 15.6 Å². The zero-order valence-corrected chi connectivity index (χ0v) is 18.0. The molecule has 0 aliphatic carbocycles. The Hall–Kier alpha value is -1.59. The third-order valence-electron chi connectivity index (χ3n) is 4.32. The van der Waals surface area contributed by atoms with Gasteiger partial charge in [-0.2, -0.15) is 0 Å². The molecule has 0 saturated heterocycles. The van der Waals surface area contributed by atoms with E-state index >= 15 is 0 Å². The lowest BCUT2D eigenvalue weighted by molar-refractivity contribution is 0.292. The molecule has 1 heterocycles. The summed E-state index contributed by atoms with van der Waals surface area (Å²) in [5, 5.41) is 0. The van der Waals surface area contributed by atoms with Crippen LogP contribution in [-0.4, -0.2) is 21.1 Å². The first-order valence-corrected chi connectivity index (χ1v) is 11.7. The summed E-state index contributed by atoms with van der Waals surface area (Å²) in [6.45, 7) is 4.96. The third kappa shape index (κ3) is 5.23. The second kappa shape index (κ2) is 10.1. The fourth-order valence-corrected chi connectivity index (χ4v) is 5.45. The molecule has 0 fully saturated rings. The van der Waals surface area contributed by atoms with E-state index in [0.717, 1.165) is 22.6 Å². The van der Waals surface area contributed by atoms with Gasteiger partial charge in [0.1, 0.15) is 18.2 Å². The van der Waals surface area contributed by atoms with E-state index in [1.54, 1.807) is 0 Å². The Labute approximate surface area is 170 Å². The van der Waals surface area contributed by atoms with Crippen LogP contribution in [0.25, 0.3) is 11.0 Å². The molecule has 0 spiro atoms. The third-order valence-corrected chi connectivity index (χ3v) is 7.58. The molecule has 0 amide bonds. The summed E-state index contributed by atoms with van der Waals surface area (Å²) in [5.74, 6) is 4.23. The Kier molecular flexibility index (Phi) is 7.53. The number of imidazole rings is 1. The van der Waals surface area contributed by atoms with Crippen LogP contribution in [-0.2, 0) is 13.7 Å². The maximum Gasteiger partial charge on any atom is 0.147 e. The molecule has 0 N–H and O–H groups in total. The van der Waals surface area contributed by atoms with Crippen LogP contribution in [0.5, 0.6) is 5.75 Å². The maximum absolute atomic E-state index is 6.10. The van der Waals surface area contributed by atoms with Gasteiger partial charge >= 0.3 is 0 Å². The molecule has 5 heteroatoms. The second-order valence-corrected chi connectivity index (χ2v) is 9.23. The average molecular weight is 401 g/mol. The van der Waals surface area contributed by atoms with Crippen molar-refractivity contribution in [3.63, 3.8) is 0 Å². The smallest absolute Gasteiger partial charge is 0.147 e. The molecule has 0 aliphatic rings. The predicted molar refractivity (Wildman–Crippen MR) is 120 cm³/mol. The highest BCUT2D eigenvalue weighted by Crippen LogP contribution is 2.41. The van der Waals surface area contributed by atoms with E-state index in [1.165, 1.54) is 29.9 Å². The lowest BCUT2D eigenvalue weighted by atomic mass is 10.2. The first kappa shape index (κ1) is 20.2. The molecular weight excluding hydrogens is 372 g/mol. The van der Waals surface area contributed by atoms with E-state index in [2.05, 4.69) is 42.7 Å². The molecule has 0 saturated carbocycles. The first-order chi connectivity index (χ1) is 13.2. The molecule has 27 heavy (non-hydrogen) atoms. The Morgan fingerprint density at radius 1 is 1.00 bits per heavy atom. The molecule has 1 aromatic heterocycles. The SMILES string of the molecule is CCCSC(SCCC)c1cccc(OCc2nc3ccccc3n2C)c1. The standard InChI is InChI=1S/C22H28N2OS2/c1-4-13-26-22(27-14-5-2)17-9-8-10-18(15-17)25-16-21-23-19-11-6-7-12-20(19)24(21)3/h6-12,15,22H,4-5,13-14,16H2,1-3H3. The zero-order chi connectivity index (χ0) is 19.1. The summed E-state index contributed by atoms with van der Waals surface area (Å²) >= 11 is 4.07. The van der Waals surface area contributed by atoms with Gasteiger partial charge in [-0.15, -0.1) is 23.5 Å². The van der Waals surface area contributed by atoms with Crippen molar-refractivity contribution in [2.75, 3.05) is 11.5 Å². The van der Waals surface area contributed by atoms with Crippen molar-refractivity contribution in [1.82, 2.24) is 9.55 Å². The van der Waals surface area contributed by atoms with Crippen molar-refractivity contribution in [3.8, 4) is 5.75 Å². The minimum atomic E-state index is 0.476. The van der Waals surface area contributed by atoms with Crippen LogP contribution in [0.3, 0.4) is 0 Å². The van der Waals surface area contributed by atoms with E-state index < -0.39 is 0 Å². The number of para-hydroxylation sites is 2. The molecule has 0 unspecified atom stereocenters. The van der Waals surface area contributed by atoms with Crippen molar-refractivity contribution >= 4 is 34.6 Å². The highest BCUT2D eigenvalue weighted by Gasteiger charge is 2.13. The lowest BCUT2D eigenvalue weighted by Gasteiger charge is -2.17. The van der Waals surface area contributed by atoms with Gasteiger partial charge in [0.25, 0.3) is 0 Å². The van der Waals surface area contributed by atoms with Crippen LogP contribution in [0.4, 0.5) is 0 Å². The van der Waals surface area contributed by atoms with Crippen molar-refractivity contribution in [2.24, 2.45) is 7.05 Å². The van der Waals surface area contributed by atoms with E-state index in [-0.39, 0.29) is 0 Å². The lowest BCUT2D eigenvalue weighted by Crippen LogP contribution is -2.03. The molecule has 0 radical (unpaired) electrons. The number of hydrogen-bond acceptors (Lipinski definition) is 4. The molecule has 0 aliphatic heterocycles. The average Bonchev–Trinajstić information content (AvgIpc) is 3.03. The van der Waals surface area contributed by atoms with E-state index in [1.807, 2.05) is 54.8 Å². The minimum Gasteiger partial charge on any atom is -0.486 e. The van der Waals surface area contributed by atoms with E-state index in [4.69, 9.17) is 9.72 Å². The Bertz CT molecular complexity index is 854. The topological polar surface area (TPSA) is 27.1 Å². The largest absolute Gasteiger partial charge is 0.486 e. The summed E-state index contributed by atoms with van der Waals surface area (Å²) in [6, 6.07) is 16.7. The normalized spacial score (nSPS) is 11.4. The molecule has 0 bridgehead atoms. The fourth-order valence-electron chi connectivity index (χ4n) is 2.91. The van der Waals surface area contributed by atoms with Crippen LogP contribution in [0.15, 0.2) is 48.5 Å². The quantitative estimate of drug-likeness (QED) is 0.366. The van der Waals surface area contributed by atoms with Crippen molar-refractivity contribution in [1.29, 1.82) is 0 Å². The van der Waals surface area contributed by atoms with Gasteiger partial charge in [-0.1, -0.05) is 38.1 Å². The van der Waals surface area contributed by atoms with Gasteiger partial charge < -0.3 is 9.30 Å². The van der Waals surface area contributed by atoms with Gasteiger partial charge in [0.2, 0.25) is 0 Å². The number of rotatable bonds is 10. The van der Waals surface area contributed by atoms with Crippen LogP contribution in [0.1, 0.15) is 42.7 Å². The predicted octanol–water partition coefficient (Wildman–Crippen LogP) is 6.44. The number of benzene rings is 2. The van der Waals surface area contributed by atoms with Crippen LogP contribution < -0.4 is 4.74 Å². The minimum absolute atomic E-state index is 0.476. The number of nitrogens with zero attached hydrogens (tertiary/aromatic N) is 2. The van der Waals surface area contributed by atoms with Crippen molar-refractivity contribution in [3.05, 3.63) is 59.9 Å². The van der Waals surface area contributed by atoms with Crippen LogP contribution in [0, 0.1) is 0 Å². The number of aromatic nitrogens is 2. The molecule has 2 aromatic carbocycles.